The van der Waals surface area contributed by atoms with Crippen LogP contribution in [0.1, 0.15) is 16.7 Å². The van der Waals surface area contributed by atoms with E-state index in [1.165, 1.54) is 21.8 Å². The molecule has 1 heterocycles. The number of hydrogen-bond acceptors (Lipinski definition) is 3. The lowest BCUT2D eigenvalue weighted by atomic mass is 10.2. The molecular formula is C11H8INOS. The SMILES string of the molecule is CC(=O)c1nc(-c2ccc(I)cc2)cs1. The number of carbonyl (C=O) groups is 1. The predicted octanol–water partition coefficient (Wildman–Crippen LogP) is 3.62. The van der Waals surface area contributed by atoms with Gasteiger partial charge >= 0.3 is 0 Å². The van der Waals surface area contributed by atoms with E-state index < -0.39 is 0 Å². The second-order valence-corrected chi connectivity index (χ2v) is 5.20. The minimum Gasteiger partial charge on any atom is -0.292 e. The lowest BCUT2D eigenvalue weighted by Gasteiger charge is -1.95. The van der Waals surface area contributed by atoms with Crippen LogP contribution in [-0.4, -0.2) is 10.8 Å². The molecule has 4 heteroatoms. The summed E-state index contributed by atoms with van der Waals surface area (Å²) in [4.78, 5) is 15.4. The topological polar surface area (TPSA) is 30.0 Å². The van der Waals surface area contributed by atoms with Crippen LogP contribution in [0.4, 0.5) is 0 Å². The molecule has 0 radical (unpaired) electrons. The quantitative estimate of drug-likeness (QED) is 0.622. The highest BCUT2D eigenvalue weighted by molar-refractivity contribution is 14.1. The Balaban J connectivity index is 2.37. The summed E-state index contributed by atoms with van der Waals surface area (Å²) < 4.78 is 1.19. The van der Waals surface area contributed by atoms with Crippen molar-refractivity contribution in [1.82, 2.24) is 4.98 Å². The third-order valence-corrected chi connectivity index (χ3v) is 3.61. The van der Waals surface area contributed by atoms with Crippen molar-refractivity contribution in [2.24, 2.45) is 0 Å². The number of carbonyl (C=O) groups excluding carboxylic acids is 1. The molecule has 2 aromatic rings. The highest BCUT2D eigenvalue weighted by Gasteiger charge is 2.07. The smallest absolute Gasteiger partial charge is 0.188 e. The van der Waals surface area contributed by atoms with E-state index in [9.17, 15) is 4.79 Å². The molecule has 2 rings (SSSR count). The van der Waals surface area contributed by atoms with Crippen molar-refractivity contribution in [2.45, 2.75) is 6.92 Å². The molecule has 76 valence electrons. The zero-order valence-corrected chi connectivity index (χ0v) is 11.0. The third kappa shape index (κ3) is 2.43. The fourth-order valence-electron chi connectivity index (χ4n) is 1.19. The Hall–Kier alpha value is -0.750. The number of rotatable bonds is 2. The van der Waals surface area contributed by atoms with Gasteiger partial charge in [-0.3, -0.25) is 4.79 Å². The highest BCUT2D eigenvalue weighted by atomic mass is 127. The van der Waals surface area contributed by atoms with Gasteiger partial charge in [0.1, 0.15) is 0 Å². The van der Waals surface area contributed by atoms with Crippen LogP contribution in [-0.2, 0) is 0 Å². The molecule has 0 aliphatic carbocycles. The van der Waals surface area contributed by atoms with Crippen LogP contribution in [0.5, 0.6) is 0 Å². The van der Waals surface area contributed by atoms with Crippen molar-refractivity contribution in [2.75, 3.05) is 0 Å². The van der Waals surface area contributed by atoms with Crippen molar-refractivity contribution in [3.05, 3.63) is 38.2 Å². The van der Waals surface area contributed by atoms with E-state index in [2.05, 4.69) is 27.6 Å². The molecule has 0 amide bonds. The van der Waals surface area contributed by atoms with E-state index in [1.807, 2.05) is 29.6 Å². The van der Waals surface area contributed by atoms with E-state index in [-0.39, 0.29) is 5.78 Å². The summed E-state index contributed by atoms with van der Waals surface area (Å²) in [7, 11) is 0. The molecule has 15 heavy (non-hydrogen) atoms. The van der Waals surface area contributed by atoms with E-state index >= 15 is 0 Å². The van der Waals surface area contributed by atoms with Gasteiger partial charge in [0.05, 0.1) is 5.69 Å². The van der Waals surface area contributed by atoms with Gasteiger partial charge in [-0.25, -0.2) is 4.98 Å². The van der Waals surface area contributed by atoms with Crippen LogP contribution < -0.4 is 0 Å². The Morgan fingerprint density at radius 2 is 2.00 bits per heavy atom. The normalized spacial score (nSPS) is 10.3. The van der Waals surface area contributed by atoms with Crippen molar-refractivity contribution >= 4 is 39.7 Å². The zero-order valence-electron chi connectivity index (χ0n) is 8.03. The number of Topliss-reactive ketones (excluding diaryl/α,β-unsaturated/α-hetero) is 1. The van der Waals surface area contributed by atoms with Gasteiger partial charge in [-0.05, 0) is 34.7 Å². The molecule has 2 nitrogen and oxygen atoms in total. The lowest BCUT2D eigenvalue weighted by Crippen LogP contribution is -1.89. The number of nitrogens with zero attached hydrogens (tertiary/aromatic N) is 1. The largest absolute Gasteiger partial charge is 0.292 e. The summed E-state index contributed by atoms with van der Waals surface area (Å²) in [5.41, 5.74) is 1.93. The van der Waals surface area contributed by atoms with Gasteiger partial charge in [0.2, 0.25) is 0 Å². The van der Waals surface area contributed by atoms with Gasteiger partial charge in [-0.15, -0.1) is 11.3 Å². The van der Waals surface area contributed by atoms with E-state index in [0.717, 1.165) is 11.3 Å². The van der Waals surface area contributed by atoms with Crippen LogP contribution in [0.15, 0.2) is 29.6 Å². The third-order valence-electron chi connectivity index (χ3n) is 1.95. The Morgan fingerprint density at radius 1 is 1.33 bits per heavy atom. The van der Waals surface area contributed by atoms with Crippen LogP contribution in [0.3, 0.4) is 0 Å². The minimum absolute atomic E-state index is 0.0248. The standard InChI is InChI=1S/C11H8INOS/c1-7(14)11-13-10(6-15-11)8-2-4-9(12)5-3-8/h2-6H,1H3. The molecule has 1 aromatic heterocycles. The number of thiazole rings is 1. The fourth-order valence-corrected chi connectivity index (χ4v) is 2.28. The summed E-state index contributed by atoms with van der Waals surface area (Å²) in [6.07, 6.45) is 0. The van der Waals surface area contributed by atoms with Gasteiger partial charge in [0, 0.05) is 21.4 Å². The summed E-state index contributed by atoms with van der Waals surface area (Å²) in [5, 5.41) is 2.49. The van der Waals surface area contributed by atoms with Crippen molar-refractivity contribution in [3.63, 3.8) is 0 Å². The molecule has 0 saturated heterocycles. The average molecular weight is 329 g/mol. The summed E-state index contributed by atoms with van der Waals surface area (Å²) in [6.45, 7) is 1.54. The van der Waals surface area contributed by atoms with Gasteiger partial charge in [0.25, 0.3) is 0 Å². The molecule has 0 atom stereocenters. The second-order valence-electron chi connectivity index (χ2n) is 3.10. The van der Waals surface area contributed by atoms with Crippen molar-refractivity contribution < 1.29 is 4.79 Å². The van der Waals surface area contributed by atoms with E-state index in [1.54, 1.807) is 0 Å². The van der Waals surface area contributed by atoms with Crippen molar-refractivity contribution in [1.29, 1.82) is 0 Å². The lowest BCUT2D eigenvalue weighted by molar-refractivity contribution is 0.101. The molecule has 0 spiro atoms. The Labute approximate surface area is 106 Å². The van der Waals surface area contributed by atoms with E-state index in [4.69, 9.17) is 0 Å². The molecule has 0 aliphatic heterocycles. The second kappa shape index (κ2) is 4.40. The Kier molecular flexibility index (Phi) is 3.16. The first-order valence-electron chi connectivity index (χ1n) is 4.39. The first-order chi connectivity index (χ1) is 7.16. The van der Waals surface area contributed by atoms with Crippen LogP contribution in [0, 0.1) is 3.57 Å². The van der Waals surface area contributed by atoms with Gasteiger partial charge < -0.3 is 0 Å². The Morgan fingerprint density at radius 3 is 2.53 bits per heavy atom. The van der Waals surface area contributed by atoms with Gasteiger partial charge in [-0.1, -0.05) is 12.1 Å². The number of halogens is 1. The highest BCUT2D eigenvalue weighted by Crippen LogP contribution is 2.22. The maximum Gasteiger partial charge on any atom is 0.188 e. The van der Waals surface area contributed by atoms with Crippen molar-refractivity contribution in [3.8, 4) is 11.3 Å². The number of aromatic nitrogens is 1. The molecule has 0 saturated carbocycles. The predicted molar refractivity (Wildman–Crippen MR) is 70.3 cm³/mol. The Bertz CT molecular complexity index is 490. The first-order valence-corrected chi connectivity index (χ1v) is 6.35. The first kappa shape index (κ1) is 10.8. The summed E-state index contributed by atoms with van der Waals surface area (Å²) in [5.74, 6) is 0.0248. The van der Waals surface area contributed by atoms with Gasteiger partial charge in [-0.2, -0.15) is 0 Å². The summed E-state index contributed by atoms with van der Waals surface area (Å²) >= 11 is 3.65. The molecule has 0 fully saturated rings. The fraction of sp³-hybridized carbons (Fsp3) is 0.0909. The van der Waals surface area contributed by atoms with Gasteiger partial charge in [0.15, 0.2) is 10.8 Å². The molecule has 0 aliphatic rings. The number of benzene rings is 1. The maximum absolute atomic E-state index is 11.1. The van der Waals surface area contributed by atoms with Crippen LogP contribution in [0.25, 0.3) is 11.3 Å². The number of ketones is 1. The summed E-state index contributed by atoms with van der Waals surface area (Å²) in [6, 6.07) is 8.09. The molecule has 0 unspecified atom stereocenters. The minimum atomic E-state index is 0.0248. The van der Waals surface area contributed by atoms with Crippen LogP contribution >= 0.6 is 33.9 Å². The maximum atomic E-state index is 11.1. The average Bonchev–Trinajstić information content (AvgIpc) is 2.68. The molecule has 0 N–H and O–H groups in total. The zero-order chi connectivity index (χ0) is 10.8. The van der Waals surface area contributed by atoms with Crippen LogP contribution in [0.2, 0.25) is 0 Å². The molecule has 0 bridgehead atoms. The number of hydrogen-bond donors (Lipinski definition) is 0. The molecule has 1 aromatic carbocycles. The monoisotopic (exact) mass is 329 g/mol. The van der Waals surface area contributed by atoms with E-state index in [0.29, 0.717) is 5.01 Å². The molecular weight excluding hydrogens is 321 g/mol.